The summed E-state index contributed by atoms with van der Waals surface area (Å²) in [7, 11) is -10.0. The Kier molecular flexibility index (Phi) is 12.1. The zero-order valence-corrected chi connectivity index (χ0v) is 32.9. The standard InChI is InChI=1S/C34H26N4O8S2.2Na/c1-19-15-25(31(47(41,42)43)17-27(19)35-37-33-23-9-5-3-7-21(23)11-13-29(33)39)26-16-20(2)28(18-32(26)48(44,45)46)36-38-34-24-10-6-4-8-22(24)12-14-30(34)40;;/h3-18,39-40H,1-2H3,(H,41,42,43)(H,44,45,46);;. The van der Waals surface area contributed by atoms with Gasteiger partial charge in [0.25, 0.3) is 20.2 Å². The molecule has 0 saturated heterocycles. The van der Waals surface area contributed by atoms with Crippen molar-refractivity contribution >= 4 is 124 Å². The summed E-state index contributed by atoms with van der Waals surface area (Å²) < 4.78 is 71.2. The summed E-state index contributed by atoms with van der Waals surface area (Å²) in [4.78, 5) is -1.41. The smallest absolute Gasteiger partial charge is 0.295 e. The molecule has 4 N–H and O–H groups in total. The Morgan fingerprint density at radius 1 is 0.500 bits per heavy atom. The van der Waals surface area contributed by atoms with Gasteiger partial charge in [-0.05, 0) is 72.1 Å². The fraction of sp³-hybridized carbons (Fsp3) is 0.0588. The van der Waals surface area contributed by atoms with Crippen LogP contribution in [0.3, 0.4) is 0 Å². The van der Waals surface area contributed by atoms with Crippen LogP contribution in [0.2, 0.25) is 0 Å². The van der Waals surface area contributed by atoms with E-state index >= 15 is 0 Å². The first-order chi connectivity index (χ1) is 22.7. The largest absolute Gasteiger partial charge is 0.506 e. The Balaban J connectivity index is 0.00000281. The SMILES string of the molecule is Cc1cc(-c2cc(C)c(N=Nc3c(O)ccc4ccccc34)cc2S(=O)(=O)O)c(S(=O)(=O)O)cc1N=Nc1c(O)ccc2ccccc12.[Na].[Na]. The number of aryl methyl sites for hydroxylation is 2. The van der Waals surface area contributed by atoms with Gasteiger partial charge < -0.3 is 10.2 Å². The van der Waals surface area contributed by atoms with Crippen molar-refractivity contribution in [3.8, 4) is 22.6 Å². The van der Waals surface area contributed by atoms with Crippen molar-refractivity contribution in [3.05, 3.63) is 108 Å². The van der Waals surface area contributed by atoms with Crippen LogP contribution < -0.4 is 0 Å². The third-order valence-electron chi connectivity index (χ3n) is 7.72. The fourth-order valence-electron chi connectivity index (χ4n) is 5.32. The molecule has 0 aromatic heterocycles. The normalized spacial score (nSPS) is 12.0. The number of azo groups is 2. The summed E-state index contributed by atoms with van der Waals surface area (Å²) in [5.74, 6) is -0.328. The molecule has 0 atom stereocenters. The van der Waals surface area contributed by atoms with E-state index in [1.165, 1.54) is 24.3 Å². The number of benzene rings is 6. The van der Waals surface area contributed by atoms with Gasteiger partial charge >= 0.3 is 0 Å². The van der Waals surface area contributed by atoms with Crippen LogP contribution in [0, 0.1) is 13.8 Å². The molecule has 0 bridgehead atoms. The summed E-state index contributed by atoms with van der Waals surface area (Å²) in [6, 6.07) is 25.2. The molecule has 0 saturated carbocycles. The topological polar surface area (TPSA) is 199 Å². The zero-order valence-electron chi connectivity index (χ0n) is 27.3. The van der Waals surface area contributed by atoms with Gasteiger partial charge in [0.2, 0.25) is 0 Å². The predicted molar refractivity (Wildman–Crippen MR) is 192 cm³/mol. The maximum absolute atomic E-state index is 12.7. The Morgan fingerprint density at radius 3 is 1.22 bits per heavy atom. The van der Waals surface area contributed by atoms with Crippen molar-refractivity contribution in [3.63, 3.8) is 0 Å². The van der Waals surface area contributed by atoms with Crippen molar-refractivity contribution in [1.29, 1.82) is 0 Å². The van der Waals surface area contributed by atoms with Gasteiger partial charge in [0.15, 0.2) is 0 Å². The summed E-state index contributed by atoms with van der Waals surface area (Å²) in [6.45, 7) is 3.13. The molecule has 2 radical (unpaired) electrons. The Bertz CT molecular complexity index is 2400. The first-order valence-corrected chi connectivity index (χ1v) is 17.1. The van der Waals surface area contributed by atoms with Gasteiger partial charge in [-0.2, -0.15) is 27.1 Å². The maximum atomic E-state index is 12.7. The number of phenols is 2. The minimum Gasteiger partial charge on any atom is -0.506 e. The molecule has 0 amide bonds. The van der Waals surface area contributed by atoms with Crippen LogP contribution in [0.4, 0.5) is 22.7 Å². The molecule has 6 rings (SSSR count). The molecule has 0 spiro atoms. The summed E-state index contributed by atoms with van der Waals surface area (Å²) in [6.07, 6.45) is 0. The van der Waals surface area contributed by atoms with Crippen LogP contribution in [-0.2, 0) is 20.2 Å². The second kappa shape index (κ2) is 15.4. The van der Waals surface area contributed by atoms with Crippen molar-refractivity contribution in [2.75, 3.05) is 0 Å². The van der Waals surface area contributed by atoms with E-state index in [9.17, 15) is 36.2 Å². The van der Waals surface area contributed by atoms with E-state index in [1.54, 1.807) is 50.2 Å². The number of hydrogen-bond acceptors (Lipinski definition) is 10. The van der Waals surface area contributed by atoms with Gasteiger partial charge in [0, 0.05) is 81.0 Å². The average Bonchev–Trinajstić information content (AvgIpc) is 3.03. The molecule has 0 aliphatic carbocycles. The number of aromatic hydroxyl groups is 2. The predicted octanol–water partition coefficient (Wildman–Crippen LogP) is 8.25. The first-order valence-electron chi connectivity index (χ1n) is 14.2. The second-order valence-corrected chi connectivity index (χ2v) is 13.7. The molecule has 6 aromatic carbocycles. The molecule has 50 heavy (non-hydrogen) atoms. The molecule has 0 aliphatic rings. The van der Waals surface area contributed by atoms with E-state index in [0.29, 0.717) is 21.9 Å². The fourth-order valence-corrected chi connectivity index (χ4v) is 6.74. The second-order valence-electron chi connectivity index (χ2n) is 10.9. The van der Waals surface area contributed by atoms with E-state index < -0.39 is 30.0 Å². The third-order valence-corrected chi connectivity index (χ3v) is 9.50. The molecule has 6 aromatic rings. The van der Waals surface area contributed by atoms with Crippen molar-refractivity contribution in [2.45, 2.75) is 23.6 Å². The van der Waals surface area contributed by atoms with E-state index in [0.717, 1.165) is 22.9 Å². The zero-order chi connectivity index (χ0) is 34.4. The van der Waals surface area contributed by atoms with Crippen LogP contribution in [0.1, 0.15) is 11.1 Å². The maximum Gasteiger partial charge on any atom is 0.295 e. The molecule has 0 aliphatic heterocycles. The molecular weight excluding hydrogens is 703 g/mol. The minimum atomic E-state index is -5.00. The Hall–Kier alpha value is -3.54. The van der Waals surface area contributed by atoms with E-state index in [1.807, 2.05) is 24.3 Å². The van der Waals surface area contributed by atoms with Crippen LogP contribution in [0.25, 0.3) is 32.7 Å². The van der Waals surface area contributed by atoms with Gasteiger partial charge in [0.1, 0.15) is 32.7 Å². The van der Waals surface area contributed by atoms with E-state index in [4.69, 9.17) is 0 Å². The number of rotatable bonds is 7. The summed E-state index contributed by atoms with van der Waals surface area (Å²) in [5.41, 5.74) is 0.450. The Morgan fingerprint density at radius 2 is 0.860 bits per heavy atom. The van der Waals surface area contributed by atoms with Crippen LogP contribution in [0.5, 0.6) is 11.5 Å². The van der Waals surface area contributed by atoms with Gasteiger partial charge in [-0.3, -0.25) is 9.11 Å². The van der Waals surface area contributed by atoms with Gasteiger partial charge in [-0.1, -0.05) is 60.7 Å². The first kappa shape index (κ1) is 39.2. The molecule has 12 nitrogen and oxygen atoms in total. The summed E-state index contributed by atoms with van der Waals surface area (Å²) >= 11 is 0. The van der Waals surface area contributed by atoms with Crippen molar-refractivity contribution in [1.82, 2.24) is 0 Å². The van der Waals surface area contributed by atoms with E-state index in [2.05, 4.69) is 20.5 Å². The van der Waals surface area contributed by atoms with Gasteiger partial charge in [-0.25, -0.2) is 0 Å². The van der Waals surface area contributed by atoms with Gasteiger partial charge in [0.05, 0.1) is 11.4 Å². The van der Waals surface area contributed by atoms with Gasteiger partial charge in [-0.15, -0.1) is 10.2 Å². The minimum absolute atomic E-state index is 0. The molecular formula is C34H26N4Na2O8S2. The number of phenolic OH excluding ortho intramolecular Hbond substituents is 2. The summed E-state index contributed by atoms with van der Waals surface area (Å²) in [5, 5.41) is 40.3. The molecule has 0 heterocycles. The average molecular weight is 729 g/mol. The Labute approximate surface area is 331 Å². The molecule has 0 unspecified atom stereocenters. The van der Waals surface area contributed by atoms with E-state index in [-0.39, 0.29) is 104 Å². The van der Waals surface area contributed by atoms with Crippen molar-refractivity contribution in [2.24, 2.45) is 20.5 Å². The molecule has 244 valence electrons. The van der Waals surface area contributed by atoms with Crippen molar-refractivity contribution < 1.29 is 36.2 Å². The number of fused-ring (bicyclic) bond motifs is 2. The molecule has 0 fully saturated rings. The molecule has 16 heteroatoms. The van der Waals surface area contributed by atoms with Crippen LogP contribution in [-0.4, -0.2) is 95.3 Å². The number of nitrogens with zero attached hydrogens (tertiary/aromatic N) is 4. The monoisotopic (exact) mass is 728 g/mol. The van der Waals surface area contributed by atoms with Crippen LogP contribution >= 0.6 is 0 Å². The third kappa shape index (κ3) is 8.00. The van der Waals surface area contributed by atoms with Crippen LogP contribution in [0.15, 0.2) is 127 Å². The number of hydrogen-bond donors (Lipinski definition) is 4. The quantitative estimate of drug-likeness (QED) is 0.0715.